The summed E-state index contributed by atoms with van der Waals surface area (Å²) in [6.45, 7) is 5.85. The van der Waals surface area contributed by atoms with Crippen molar-refractivity contribution in [1.82, 2.24) is 4.90 Å². The SMILES string of the molecule is CCN(CCO)CCCCCOc1ccc(Cl)cc1-c1ccccc1. The minimum absolute atomic E-state index is 0.232. The highest BCUT2D eigenvalue weighted by Crippen LogP contribution is 2.32. The summed E-state index contributed by atoms with van der Waals surface area (Å²) in [5.41, 5.74) is 2.15. The van der Waals surface area contributed by atoms with Crippen LogP contribution in [0.5, 0.6) is 5.75 Å². The van der Waals surface area contributed by atoms with Crippen LogP contribution in [-0.2, 0) is 0 Å². The average Bonchev–Trinajstić information content (AvgIpc) is 2.65. The van der Waals surface area contributed by atoms with Crippen LogP contribution in [0.3, 0.4) is 0 Å². The predicted molar refractivity (Wildman–Crippen MR) is 105 cm³/mol. The van der Waals surface area contributed by atoms with E-state index < -0.39 is 0 Å². The van der Waals surface area contributed by atoms with Crippen LogP contribution in [0.15, 0.2) is 48.5 Å². The minimum atomic E-state index is 0.232. The number of rotatable bonds is 11. The molecule has 0 aliphatic carbocycles. The number of hydrogen-bond acceptors (Lipinski definition) is 3. The van der Waals surface area contributed by atoms with E-state index in [1.54, 1.807) is 0 Å². The van der Waals surface area contributed by atoms with E-state index in [1.165, 1.54) is 0 Å². The van der Waals surface area contributed by atoms with Crippen molar-refractivity contribution in [2.24, 2.45) is 0 Å². The van der Waals surface area contributed by atoms with Gasteiger partial charge >= 0.3 is 0 Å². The van der Waals surface area contributed by atoms with E-state index in [4.69, 9.17) is 21.4 Å². The van der Waals surface area contributed by atoms with Crippen molar-refractivity contribution in [1.29, 1.82) is 0 Å². The number of nitrogens with zero attached hydrogens (tertiary/aromatic N) is 1. The fourth-order valence-electron chi connectivity index (χ4n) is 2.84. The molecule has 0 bridgehead atoms. The molecular formula is C21H28ClNO2. The van der Waals surface area contributed by atoms with Crippen LogP contribution in [0.1, 0.15) is 26.2 Å². The lowest BCUT2D eigenvalue weighted by molar-refractivity contribution is 0.198. The first-order valence-corrected chi connectivity index (χ1v) is 9.43. The summed E-state index contributed by atoms with van der Waals surface area (Å²) < 4.78 is 6.02. The fraction of sp³-hybridized carbons (Fsp3) is 0.429. The van der Waals surface area contributed by atoms with Crippen molar-refractivity contribution < 1.29 is 9.84 Å². The minimum Gasteiger partial charge on any atom is -0.493 e. The third kappa shape index (κ3) is 6.69. The van der Waals surface area contributed by atoms with E-state index in [-0.39, 0.29) is 6.61 Å². The zero-order chi connectivity index (χ0) is 17.9. The number of ether oxygens (including phenoxy) is 1. The first-order chi connectivity index (χ1) is 12.2. The Morgan fingerprint density at radius 2 is 1.80 bits per heavy atom. The average molecular weight is 362 g/mol. The van der Waals surface area contributed by atoms with Crippen LogP contribution in [0.2, 0.25) is 5.02 Å². The molecule has 0 aromatic heterocycles. The molecule has 0 aliphatic rings. The first-order valence-electron chi connectivity index (χ1n) is 9.05. The summed E-state index contributed by atoms with van der Waals surface area (Å²) >= 11 is 6.16. The Morgan fingerprint density at radius 3 is 2.52 bits per heavy atom. The Balaban J connectivity index is 1.81. The molecule has 4 heteroatoms. The first kappa shape index (κ1) is 19.8. The second-order valence-electron chi connectivity index (χ2n) is 6.07. The molecule has 2 aromatic rings. The maximum atomic E-state index is 9.00. The maximum absolute atomic E-state index is 9.00. The maximum Gasteiger partial charge on any atom is 0.127 e. The fourth-order valence-corrected chi connectivity index (χ4v) is 3.01. The molecule has 0 unspecified atom stereocenters. The molecule has 0 spiro atoms. The number of aliphatic hydroxyl groups is 1. The molecule has 0 amide bonds. The third-order valence-electron chi connectivity index (χ3n) is 4.27. The number of aliphatic hydroxyl groups excluding tert-OH is 1. The van der Waals surface area contributed by atoms with E-state index in [0.717, 1.165) is 60.8 Å². The standard InChI is InChI=1S/C21H28ClNO2/c1-2-23(14-15-24)13-7-4-8-16-25-21-12-11-19(22)17-20(21)18-9-5-3-6-10-18/h3,5-6,9-12,17,24H,2,4,7-8,13-16H2,1H3. The van der Waals surface area contributed by atoms with Crippen molar-refractivity contribution in [3.05, 3.63) is 53.6 Å². The number of likely N-dealkylation sites (N-methyl/N-ethyl adjacent to an activating group) is 1. The Bertz CT molecular complexity index is 619. The van der Waals surface area contributed by atoms with Gasteiger partial charge in [0.15, 0.2) is 0 Å². The lowest BCUT2D eigenvalue weighted by Gasteiger charge is -2.18. The Kier molecular flexibility index (Phi) is 8.81. The van der Waals surface area contributed by atoms with Crippen molar-refractivity contribution in [2.75, 3.05) is 32.8 Å². The van der Waals surface area contributed by atoms with Gasteiger partial charge in [0.2, 0.25) is 0 Å². The molecule has 2 rings (SSSR count). The van der Waals surface area contributed by atoms with Crippen LogP contribution in [0.25, 0.3) is 11.1 Å². The molecule has 25 heavy (non-hydrogen) atoms. The molecule has 0 heterocycles. The summed E-state index contributed by atoms with van der Waals surface area (Å²) in [4.78, 5) is 2.27. The van der Waals surface area contributed by atoms with Crippen LogP contribution in [0.4, 0.5) is 0 Å². The predicted octanol–water partition coefficient (Wildman–Crippen LogP) is 4.87. The van der Waals surface area contributed by atoms with Gasteiger partial charge in [0, 0.05) is 17.1 Å². The zero-order valence-corrected chi connectivity index (χ0v) is 15.7. The van der Waals surface area contributed by atoms with Gasteiger partial charge in [-0.15, -0.1) is 0 Å². The lowest BCUT2D eigenvalue weighted by atomic mass is 10.0. The van der Waals surface area contributed by atoms with Gasteiger partial charge in [0.25, 0.3) is 0 Å². The molecule has 1 N–H and O–H groups in total. The zero-order valence-electron chi connectivity index (χ0n) is 15.0. The molecule has 0 fully saturated rings. The van der Waals surface area contributed by atoms with Crippen LogP contribution < -0.4 is 4.74 Å². The monoisotopic (exact) mass is 361 g/mol. The molecule has 0 radical (unpaired) electrons. The number of unbranched alkanes of at least 4 members (excludes halogenated alkanes) is 2. The molecule has 0 atom stereocenters. The van der Waals surface area contributed by atoms with Gasteiger partial charge in [0.1, 0.15) is 5.75 Å². The van der Waals surface area contributed by atoms with Crippen LogP contribution >= 0.6 is 11.6 Å². The molecule has 136 valence electrons. The highest BCUT2D eigenvalue weighted by Gasteiger charge is 2.07. The van der Waals surface area contributed by atoms with E-state index in [2.05, 4.69) is 24.0 Å². The highest BCUT2D eigenvalue weighted by molar-refractivity contribution is 6.31. The number of hydrogen-bond donors (Lipinski definition) is 1. The van der Waals surface area contributed by atoms with Gasteiger partial charge in [0.05, 0.1) is 13.2 Å². The van der Waals surface area contributed by atoms with Gasteiger partial charge in [-0.2, -0.15) is 0 Å². The summed E-state index contributed by atoms with van der Waals surface area (Å²) in [5.74, 6) is 0.881. The van der Waals surface area contributed by atoms with Gasteiger partial charge in [-0.3, -0.25) is 0 Å². The van der Waals surface area contributed by atoms with E-state index >= 15 is 0 Å². The van der Waals surface area contributed by atoms with E-state index in [9.17, 15) is 0 Å². The van der Waals surface area contributed by atoms with Gasteiger partial charge in [-0.05, 0) is 56.1 Å². The molecule has 0 saturated carbocycles. The Labute approximate surface area is 156 Å². The second-order valence-corrected chi connectivity index (χ2v) is 6.51. The molecule has 3 nitrogen and oxygen atoms in total. The summed E-state index contributed by atoms with van der Waals surface area (Å²) in [6, 6.07) is 16.0. The molecule has 0 aliphatic heterocycles. The van der Waals surface area contributed by atoms with Crippen LogP contribution in [0, 0.1) is 0 Å². The lowest BCUT2D eigenvalue weighted by Crippen LogP contribution is -2.27. The Hall–Kier alpha value is -1.55. The van der Waals surface area contributed by atoms with E-state index in [1.807, 2.05) is 36.4 Å². The summed E-state index contributed by atoms with van der Waals surface area (Å²) in [6.07, 6.45) is 3.27. The van der Waals surface area contributed by atoms with Crippen molar-refractivity contribution in [2.45, 2.75) is 26.2 Å². The van der Waals surface area contributed by atoms with Crippen molar-refractivity contribution in [3.8, 4) is 16.9 Å². The molecular weight excluding hydrogens is 334 g/mol. The number of benzene rings is 2. The smallest absolute Gasteiger partial charge is 0.127 e. The molecule has 0 saturated heterocycles. The van der Waals surface area contributed by atoms with Gasteiger partial charge in [-0.1, -0.05) is 48.9 Å². The highest BCUT2D eigenvalue weighted by atomic mass is 35.5. The van der Waals surface area contributed by atoms with Gasteiger partial charge < -0.3 is 14.7 Å². The van der Waals surface area contributed by atoms with Gasteiger partial charge in [-0.25, -0.2) is 0 Å². The number of halogens is 1. The second kappa shape index (κ2) is 11.1. The van der Waals surface area contributed by atoms with E-state index in [0.29, 0.717) is 6.61 Å². The normalized spacial score (nSPS) is 11.0. The van der Waals surface area contributed by atoms with Crippen molar-refractivity contribution in [3.63, 3.8) is 0 Å². The van der Waals surface area contributed by atoms with Crippen LogP contribution in [-0.4, -0.2) is 42.9 Å². The summed E-state index contributed by atoms with van der Waals surface area (Å²) in [7, 11) is 0. The van der Waals surface area contributed by atoms with Crippen molar-refractivity contribution >= 4 is 11.6 Å². The summed E-state index contributed by atoms with van der Waals surface area (Å²) in [5, 5.41) is 9.72. The third-order valence-corrected chi connectivity index (χ3v) is 4.50. The largest absolute Gasteiger partial charge is 0.493 e. The quantitative estimate of drug-likeness (QED) is 0.579. The Morgan fingerprint density at radius 1 is 1.00 bits per heavy atom. The topological polar surface area (TPSA) is 32.7 Å². The molecule has 2 aromatic carbocycles.